The van der Waals surface area contributed by atoms with Crippen LogP contribution in [-0.4, -0.2) is 56.3 Å². The van der Waals surface area contributed by atoms with Crippen LogP contribution in [0.25, 0.3) is 0 Å². The van der Waals surface area contributed by atoms with E-state index in [0.29, 0.717) is 30.5 Å². The van der Waals surface area contributed by atoms with Gasteiger partial charge in [-0.3, -0.25) is 14.7 Å². The van der Waals surface area contributed by atoms with Gasteiger partial charge in [0.05, 0.1) is 43.6 Å². The highest BCUT2D eigenvalue weighted by Crippen LogP contribution is 2.48. The number of primary amides is 1. The second-order valence-electron chi connectivity index (χ2n) is 15.3. The van der Waals surface area contributed by atoms with E-state index in [9.17, 15) is 23.7 Å². The summed E-state index contributed by atoms with van der Waals surface area (Å²) in [6.07, 6.45) is 22.2. The average molecular weight is 853 g/mol. The molecule has 14 heteroatoms. The van der Waals surface area contributed by atoms with Crippen LogP contribution in [0.1, 0.15) is 160 Å². The first-order chi connectivity index (χ1) is 28.6. The summed E-state index contributed by atoms with van der Waals surface area (Å²) in [7, 11) is -4.39. The maximum Gasteiger partial charge on any atom is 0.404 e. The molecule has 0 aromatic heterocycles. The third-order valence-electron chi connectivity index (χ3n) is 10.0. The number of hydrogen-bond donors (Lipinski definition) is 1. The van der Waals surface area contributed by atoms with E-state index in [4.69, 9.17) is 29.4 Å². The first-order valence-corrected chi connectivity index (χ1v) is 24.0. The Labute approximate surface area is 353 Å². The van der Waals surface area contributed by atoms with Crippen LogP contribution in [0, 0.1) is 10.1 Å². The fourth-order valence-corrected chi connectivity index (χ4v) is 7.61. The minimum atomic E-state index is -4.39. The molecule has 0 radical (unpaired) electrons. The largest absolute Gasteiger partial charge is 0.493 e. The number of halogens is 1. The minimum Gasteiger partial charge on any atom is -0.493 e. The van der Waals surface area contributed by atoms with Crippen molar-refractivity contribution in [3.63, 3.8) is 0 Å². The molecule has 0 fully saturated rings. The first kappa shape index (κ1) is 51.7. The van der Waals surface area contributed by atoms with Crippen molar-refractivity contribution < 1.29 is 46.7 Å². The quantitative estimate of drug-likeness (QED) is 0.0298. The Kier molecular flexibility index (Phi) is 28.4. The zero-order valence-corrected chi connectivity index (χ0v) is 37.2. The topological polar surface area (TPSA) is 159 Å². The summed E-state index contributed by atoms with van der Waals surface area (Å²) < 4.78 is 59.9. The lowest BCUT2D eigenvalue weighted by Gasteiger charge is -2.19. The fourth-order valence-electron chi connectivity index (χ4n) is 6.77. The second-order valence-corrected chi connectivity index (χ2v) is 17.2. The molecule has 0 aliphatic rings. The van der Waals surface area contributed by atoms with E-state index in [1.165, 1.54) is 128 Å². The number of nitro groups is 1. The van der Waals surface area contributed by atoms with Crippen LogP contribution >= 0.6 is 7.68 Å². The lowest BCUT2D eigenvalue weighted by Crippen LogP contribution is -2.28. The van der Waals surface area contributed by atoms with Crippen molar-refractivity contribution in [3.05, 3.63) is 57.6 Å². The summed E-state index contributed by atoms with van der Waals surface area (Å²) >= 11 is 0. The van der Waals surface area contributed by atoms with Crippen LogP contribution in [0.5, 0.6) is 17.2 Å². The molecule has 0 saturated carbocycles. The molecule has 2 N–H and O–H groups in total. The maximum atomic E-state index is 14.1. The van der Waals surface area contributed by atoms with Gasteiger partial charge in [-0.2, -0.15) is 4.20 Å². The monoisotopic (exact) mass is 853 g/mol. The summed E-state index contributed by atoms with van der Waals surface area (Å²) in [6, 6.07) is 10.1. The summed E-state index contributed by atoms with van der Waals surface area (Å²) in [6.45, 7) is 6.55. The van der Waals surface area contributed by atoms with Crippen molar-refractivity contribution in [2.45, 2.75) is 168 Å². The Hall–Kier alpha value is -3.41. The number of rotatable bonds is 38. The molecule has 1 amide bonds. The molecule has 0 aliphatic heterocycles. The Balaban J connectivity index is 2.07. The third-order valence-corrected chi connectivity index (χ3v) is 11.4. The number of amides is 1. The zero-order valence-electron chi connectivity index (χ0n) is 36.3. The molecule has 336 valence electrons. The van der Waals surface area contributed by atoms with Gasteiger partial charge in [-0.05, 0) is 49.6 Å². The molecule has 2 unspecified atom stereocenters. The van der Waals surface area contributed by atoms with Gasteiger partial charge in [-0.1, -0.05) is 129 Å². The van der Waals surface area contributed by atoms with Crippen LogP contribution in [-0.2, 0) is 31.6 Å². The smallest absolute Gasteiger partial charge is 0.404 e. The SMILES string of the molecule is CCCCCCCCCCCCOc1cc(COc2ccc([N+](=O)[O-])c(CC(COC(N)=O)OCCP(=O)(F)OCC)c2)cc(OCCCCCCCCCCCC)c1. The lowest BCUT2D eigenvalue weighted by molar-refractivity contribution is -0.385. The maximum absolute atomic E-state index is 14.1. The lowest BCUT2D eigenvalue weighted by atomic mass is 10.1. The molecule has 2 aromatic rings. The summed E-state index contributed by atoms with van der Waals surface area (Å²) in [5.74, 6) is 1.75. The number of carbonyl (C=O) groups excluding carboxylic acids is 1. The Morgan fingerprint density at radius 1 is 0.712 bits per heavy atom. The molecule has 2 atom stereocenters. The number of nitro benzene ring substituents is 1. The van der Waals surface area contributed by atoms with Crippen molar-refractivity contribution in [3.8, 4) is 17.2 Å². The van der Waals surface area contributed by atoms with E-state index in [0.717, 1.165) is 31.2 Å². The predicted molar refractivity (Wildman–Crippen MR) is 233 cm³/mol. The molecule has 0 bridgehead atoms. The standard InChI is InChI=1S/C45H74FN2O10P/c1-4-7-9-11-13-15-17-19-21-23-27-53-41-31-38(32-42(35-41)54-28-24-22-20-18-16-14-12-10-8-5-2)36-56-40-25-26-44(48(50)51)39(33-40)34-43(37-57-45(47)49)55-29-30-59(46,52)58-6-3/h25-26,31-33,35,43H,4-24,27-30,34,36-37H2,1-3H3,(H2,47,49). The first-order valence-electron chi connectivity index (χ1n) is 22.3. The molecule has 0 aliphatic carbocycles. The van der Waals surface area contributed by atoms with Crippen LogP contribution in [0.3, 0.4) is 0 Å². The van der Waals surface area contributed by atoms with Crippen molar-refractivity contribution in [1.29, 1.82) is 0 Å². The van der Waals surface area contributed by atoms with Crippen LogP contribution in [0.15, 0.2) is 36.4 Å². The van der Waals surface area contributed by atoms with E-state index in [2.05, 4.69) is 18.4 Å². The van der Waals surface area contributed by atoms with Gasteiger partial charge < -0.3 is 33.9 Å². The van der Waals surface area contributed by atoms with Gasteiger partial charge in [-0.25, -0.2) is 4.79 Å². The van der Waals surface area contributed by atoms with Crippen molar-refractivity contribution in [2.75, 3.05) is 39.2 Å². The molecule has 12 nitrogen and oxygen atoms in total. The van der Waals surface area contributed by atoms with E-state index in [1.807, 2.05) is 18.2 Å². The Morgan fingerprint density at radius 3 is 1.69 bits per heavy atom. The van der Waals surface area contributed by atoms with E-state index in [1.54, 1.807) is 0 Å². The molecule has 0 spiro atoms. The number of benzene rings is 2. The Morgan fingerprint density at radius 2 is 1.22 bits per heavy atom. The molecular formula is C45H74FN2O10P. The normalized spacial score (nSPS) is 12.8. The van der Waals surface area contributed by atoms with Gasteiger partial charge in [-0.15, -0.1) is 0 Å². The molecule has 0 heterocycles. The summed E-state index contributed by atoms with van der Waals surface area (Å²) in [4.78, 5) is 22.8. The van der Waals surface area contributed by atoms with Crippen LogP contribution < -0.4 is 19.9 Å². The molecule has 0 saturated heterocycles. The van der Waals surface area contributed by atoms with Gasteiger partial charge in [0.25, 0.3) is 5.69 Å². The third kappa shape index (κ3) is 25.7. The van der Waals surface area contributed by atoms with Crippen molar-refractivity contribution in [2.24, 2.45) is 5.73 Å². The van der Waals surface area contributed by atoms with Gasteiger partial charge in [0.2, 0.25) is 0 Å². The molecule has 59 heavy (non-hydrogen) atoms. The van der Waals surface area contributed by atoms with Gasteiger partial charge >= 0.3 is 13.8 Å². The fraction of sp³-hybridized carbons (Fsp3) is 0.711. The molecular weight excluding hydrogens is 778 g/mol. The van der Waals surface area contributed by atoms with E-state index < -0.39 is 31.0 Å². The van der Waals surface area contributed by atoms with E-state index >= 15 is 0 Å². The molecule has 2 aromatic carbocycles. The van der Waals surface area contributed by atoms with Crippen LogP contribution in [0.4, 0.5) is 14.7 Å². The Bertz CT molecular complexity index is 1440. The van der Waals surface area contributed by atoms with Crippen molar-refractivity contribution >= 4 is 19.5 Å². The number of ether oxygens (including phenoxy) is 5. The number of nitrogens with zero attached hydrogens (tertiary/aromatic N) is 1. The highest BCUT2D eigenvalue weighted by atomic mass is 31.2. The van der Waals surface area contributed by atoms with Crippen LogP contribution in [0.2, 0.25) is 0 Å². The van der Waals surface area contributed by atoms with Gasteiger partial charge in [0.15, 0.2) is 0 Å². The molecule has 2 rings (SSSR count). The zero-order chi connectivity index (χ0) is 43.0. The summed E-state index contributed by atoms with van der Waals surface area (Å²) in [5.41, 5.74) is 5.98. The summed E-state index contributed by atoms with van der Waals surface area (Å²) in [5, 5.41) is 12.0. The number of hydrogen-bond acceptors (Lipinski definition) is 10. The highest BCUT2D eigenvalue weighted by Gasteiger charge is 2.25. The van der Waals surface area contributed by atoms with Crippen molar-refractivity contribution in [1.82, 2.24) is 0 Å². The minimum absolute atomic E-state index is 0.0779. The average Bonchev–Trinajstić information content (AvgIpc) is 3.20. The number of carbonyl (C=O) groups is 1. The second kappa shape index (κ2) is 32.4. The number of nitrogens with two attached hydrogens (primary N) is 1. The highest BCUT2D eigenvalue weighted by molar-refractivity contribution is 7.53. The number of unbranched alkanes of at least 4 members (excludes halogenated alkanes) is 18. The van der Waals surface area contributed by atoms with E-state index in [-0.39, 0.29) is 44.1 Å². The van der Waals surface area contributed by atoms with Gasteiger partial charge in [0.1, 0.15) is 30.5 Å². The predicted octanol–water partition coefficient (Wildman–Crippen LogP) is 13.0. The van der Waals surface area contributed by atoms with Gasteiger partial charge in [0, 0.05) is 24.1 Å².